The van der Waals surface area contributed by atoms with Crippen LogP contribution < -0.4 is 0 Å². The molecule has 1 saturated carbocycles. The van der Waals surface area contributed by atoms with Gasteiger partial charge >= 0.3 is 0 Å². The molecule has 0 bridgehead atoms. The smallest absolute Gasteiger partial charge is 0.248 e. The first-order valence-electron chi connectivity index (χ1n) is 5.55. The summed E-state index contributed by atoms with van der Waals surface area (Å²) < 4.78 is 41.2. The molecule has 1 aliphatic rings. The predicted molar refractivity (Wildman–Crippen MR) is 63.3 cm³/mol. The Labute approximate surface area is 98.8 Å². The van der Waals surface area contributed by atoms with Crippen LogP contribution >= 0.6 is 0 Å². The van der Waals surface area contributed by atoms with Crippen LogP contribution in [-0.4, -0.2) is 21.4 Å². The Morgan fingerprint density at radius 1 is 1.44 bits per heavy atom. The van der Waals surface area contributed by atoms with Crippen LogP contribution in [-0.2, 0) is 11.4 Å². The Kier molecular flexibility index (Phi) is 4.35. The molecule has 0 amide bonds. The van der Waals surface area contributed by atoms with Gasteiger partial charge in [-0.1, -0.05) is 4.40 Å². The second-order valence-electron chi connectivity index (χ2n) is 5.33. The summed E-state index contributed by atoms with van der Waals surface area (Å²) in [4.78, 5) is 0. The Morgan fingerprint density at radius 2 is 2.06 bits per heavy atom. The van der Waals surface area contributed by atoms with E-state index in [0.717, 1.165) is 6.42 Å². The minimum Gasteiger partial charge on any atom is -0.591 e. The van der Waals surface area contributed by atoms with Gasteiger partial charge in [0.15, 0.2) is 0 Å². The molecule has 0 aromatic heterocycles. The summed E-state index contributed by atoms with van der Waals surface area (Å²) >= 11 is -1.34. The van der Waals surface area contributed by atoms with Gasteiger partial charge in [0.1, 0.15) is 16.1 Å². The zero-order valence-corrected chi connectivity index (χ0v) is 10.8. The number of halogens is 2. The molecule has 1 fully saturated rings. The van der Waals surface area contributed by atoms with Crippen LogP contribution in [0.25, 0.3) is 0 Å². The molecule has 0 aromatic rings. The summed E-state index contributed by atoms with van der Waals surface area (Å²) in [5, 5.41) is 0. The molecule has 1 rings (SSSR count). The first-order chi connectivity index (χ1) is 7.21. The molecule has 16 heavy (non-hydrogen) atoms. The molecule has 0 aliphatic heterocycles. The molecule has 0 unspecified atom stereocenters. The topological polar surface area (TPSA) is 35.4 Å². The van der Waals surface area contributed by atoms with Gasteiger partial charge in [-0.2, -0.15) is 0 Å². The normalized spacial score (nSPS) is 28.2. The molecule has 5 heteroatoms. The van der Waals surface area contributed by atoms with Crippen LogP contribution in [0.5, 0.6) is 0 Å². The van der Waals surface area contributed by atoms with Crippen molar-refractivity contribution >= 4 is 17.6 Å². The largest absolute Gasteiger partial charge is 0.591 e. The molecule has 0 spiro atoms. The fraction of sp³-hybridized carbons (Fsp3) is 0.909. The summed E-state index contributed by atoms with van der Waals surface area (Å²) in [6, 6.07) is 0. The lowest BCUT2D eigenvalue weighted by molar-refractivity contribution is -0.0420. The maximum Gasteiger partial charge on any atom is 0.248 e. The van der Waals surface area contributed by atoms with Crippen molar-refractivity contribution in [1.82, 2.24) is 0 Å². The van der Waals surface area contributed by atoms with E-state index in [1.165, 1.54) is 6.21 Å². The quantitative estimate of drug-likeness (QED) is 0.547. The van der Waals surface area contributed by atoms with Gasteiger partial charge in [-0.05, 0) is 33.6 Å². The molecule has 0 N–H and O–H groups in total. The lowest BCUT2D eigenvalue weighted by Gasteiger charge is -2.26. The third-order valence-electron chi connectivity index (χ3n) is 2.57. The predicted octanol–water partition coefficient (Wildman–Crippen LogP) is 3.34. The Bertz CT molecular complexity index is 263. The van der Waals surface area contributed by atoms with Gasteiger partial charge in [0, 0.05) is 18.8 Å². The van der Waals surface area contributed by atoms with E-state index >= 15 is 0 Å². The summed E-state index contributed by atoms with van der Waals surface area (Å²) in [5.41, 5.74) is 0. The Balaban J connectivity index is 2.51. The molecule has 94 valence electrons. The first kappa shape index (κ1) is 13.9. The summed E-state index contributed by atoms with van der Waals surface area (Å²) in [5.74, 6) is -2.80. The van der Waals surface area contributed by atoms with E-state index in [0.29, 0.717) is 6.42 Å². The van der Waals surface area contributed by atoms with Crippen molar-refractivity contribution in [1.29, 1.82) is 0 Å². The van der Waals surface area contributed by atoms with E-state index in [9.17, 15) is 13.3 Å². The van der Waals surface area contributed by atoms with Crippen LogP contribution in [0.2, 0.25) is 0 Å². The average Bonchev–Trinajstić information content (AvgIpc) is 2.11. The Hall–Kier alpha value is -0.160. The monoisotopic (exact) mass is 251 g/mol. The first-order valence-corrected chi connectivity index (χ1v) is 6.65. The van der Waals surface area contributed by atoms with Crippen LogP contribution in [0.15, 0.2) is 4.40 Å². The minimum absolute atomic E-state index is 0.0281. The number of alkyl halides is 2. The van der Waals surface area contributed by atoms with Crippen molar-refractivity contribution in [3.63, 3.8) is 0 Å². The average molecular weight is 251 g/mol. The third kappa shape index (κ3) is 4.37. The van der Waals surface area contributed by atoms with Crippen LogP contribution in [0, 0.1) is 5.92 Å². The highest BCUT2D eigenvalue weighted by Gasteiger charge is 2.36. The van der Waals surface area contributed by atoms with Crippen LogP contribution in [0.4, 0.5) is 8.78 Å². The van der Waals surface area contributed by atoms with Crippen molar-refractivity contribution < 1.29 is 13.3 Å². The lowest BCUT2D eigenvalue weighted by Crippen LogP contribution is -2.29. The fourth-order valence-electron chi connectivity index (χ4n) is 1.64. The summed E-state index contributed by atoms with van der Waals surface area (Å²) in [6.07, 6.45) is 2.53. The summed E-state index contributed by atoms with van der Waals surface area (Å²) in [7, 11) is 0. The molecule has 0 saturated heterocycles. The van der Waals surface area contributed by atoms with Gasteiger partial charge in [0.2, 0.25) is 5.92 Å². The molecule has 0 radical (unpaired) electrons. The van der Waals surface area contributed by atoms with E-state index in [4.69, 9.17) is 0 Å². The fourth-order valence-corrected chi connectivity index (χ4v) is 2.24. The van der Waals surface area contributed by atoms with Gasteiger partial charge < -0.3 is 4.55 Å². The van der Waals surface area contributed by atoms with E-state index in [-0.39, 0.29) is 18.8 Å². The SMILES string of the molecule is CC(C)(C)[S@@+]([O-])/N=C/[C@@H]1CCCC(F)(F)C1. The molecule has 1 aliphatic carbocycles. The minimum atomic E-state index is -2.57. The van der Waals surface area contributed by atoms with E-state index < -0.39 is 22.0 Å². The highest BCUT2D eigenvalue weighted by atomic mass is 32.2. The highest BCUT2D eigenvalue weighted by Crippen LogP contribution is 2.36. The second kappa shape index (κ2) is 5.00. The zero-order valence-electron chi connectivity index (χ0n) is 10.0. The van der Waals surface area contributed by atoms with Gasteiger partial charge in [-0.15, -0.1) is 0 Å². The molecule has 2 atom stereocenters. The van der Waals surface area contributed by atoms with Gasteiger partial charge in [-0.25, -0.2) is 8.78 Å². The molecular formula is C11H19F2NOS. The van der Waals surface area contributed by atoms with Crippen LogP contribution in [0.1, 0.15) is 46.5 Å². The van der Waals surface area contributed by atoms with Gasteiger partial charge in [0.05, 0.1) is 6.21 Å². The summed E-state index contributed by atoms with van der Waals surface area (Å²) in [6.45, 7) is 5.45. The van der Waals surface area contributed by atoms with E-state index in [1.54, 1.807) is 0 Å². The number of nitrogens with zero attached hydrogens (tertiary/aromatic N) is 1. The Morgan fingerprint density at radius 3 is 2.56 bits per heavy atom. The highest BCUT2D eigenvalue weighted by molar-refractivity contribution is 7.91. The molecule has 2 nitrogen and oxygen atoms in total. The van der Waals surface area contributed by atoms with Gasteiger partial charge in [0.25, 0.3) is 0 Å². The van der Waals surface area contributed by atoms with Crippen molar-refractivity contribution in [3.8, 4) is 0 Å². The van der Waals surface area contributed by atoms with E-state index in [2.05, 4.69) is 4.40 Å². The lowest BCUT2D eigenvalue weighted by atomic mass is 9.87. The third-order valence-corrected chi connectivity index (χ3v) is 3.93. The molecule has 0 aromatic carbocycles. The second-order valence-corrected chi connectivity index (χ2v) is 7.26. The number of hydrogen-bond acceptors (Lipinski definition) is 2. The van der Waals surface area contributed by atoms with E-state index in [1.807, 2.05) is 20.8 Å². The maximum atomic E-state index is 13.1. The zero-order chi connectivity index (χ0) is 12.4. The molecule has 0 heterocycles. The number of hydrogen-bond donors (Lipinski definition) is 0. The standard InChI is InChI=1S/C11H19F2NOS/c1-10(2,3)16(15)14-8-9-5-4-6-11(12,13)7-9/h8-9H,4-7H2,1-3H3/b14-8+/t9-,16-/m1/s1. The maximum absolute atomic E-state index is 13.1. The van der Waals surface area contributed by atoms with Crippen molar-refractivity contribution in [3.05, 3.63) is 0 Å². The van der Waals surface area contributed by atoms with Crippen LogP contribution in [0.3, 0.4) is 0 Å². The number of rotatable bonds is 2. The van der Waals surface area contributed by atoms with Gasteiger partial charge in [-0.3, -0.25) is 0 Å². The van der Waals surface area contributed by atoms with Crippen molar-refractivity contribution in [2.45, 2.75) is 57.1 Å². The van der Waals surface area contributed by atoms with Crippen molar-refractivity contribution in [2.24, 2.45) is 10.3 Å². The molecular weight excluding hydrogens is 232 g/mol. The van der Waals surface area contributed by atoms with Crippen molar-refractivity contribution in [2.75, 3.05) is 0 Å².